The van der Waals surface area contributed by atoms with Crippen LogP contribution in [-0.2, 0) is 0 Å². The van der Waals surface area contributed by atoms with Gasteiger partial charge in [-0.25, -0.2) is 9.97 Å². The quantitative estimate of drug-likeness (QED) is 0.783. The number of halogens is 1. The third kappa shape index (κ3) is 3.91. The van der Waals surface area contributed by atoms with Crippen molar-refractivity contribution in [1.82, 2.24) is 9.97 Å². The van der Waals surface area contributed by atoms with Crippen LogP contribution in [0.15, 0.2) is 28.7 Å². The molecule has 6 heteroatoms. The molecule has 0 saturated heterocycles. The molecule has 0 aliphatic heterocycles. The van der Waals surface area contributed by atoms with Crippen LogP contribution in [0.25, 0.3) is 0 Å². The molecule has 1 aromatic carbocycles. The van der Waals surface area contributed by atoms with Crippen molar-refractivity contribution in [2.24, 2.45) is 5.73 Å². The second kappa shape index (κ2) is 6.67. The van der Waals surface area contributed by atoms with E-state index in [9.17, 15) is 0 Å². The van der Waals surface area contributed by atoms with Gasteiger partial charge in [-0.1, -0.05) is 15.9 Å². The number of aryl methyl sites for hydroxylation is 2. The normalized spacial score (nSPS) is 10.4. The van der Waals surface area contributed by atoms with E-state index in [1.165, 1.54) is 0 Å². The summed E-state index contributed by atoms with van der Waals surface area (Å²) in [4.78, 5) is 8.72. The monoisotopic (exact) mass is 335 g/mol. The first-order valence-corrected chi connectivity index (χ1v) is 7.20. The van der Waals surface area contributed by atoms with Crippen molar-refractivity contribution < 1.29 is 0 Å². The molecule has 1 aromatic heterocycles. The fourth-order valence-corrected chi connectivity index (χ4v) is 2.30. The smallest absolute Gasteiger partial charge is 0.136 e. The third-order valence-corrected chi connectivity index (χ3v) is 3.23. The number of benzene rings is 1. The van der Waals surface area contributed by atoms with Crippen molar-refractivity contribution in [3.05, 3.63) is 40.1 Å². The summed E-state index contributed by atoms with van der Waals surface area (Å²) in [7, 11) is 0. The minimum absolute atomic E-state index is 0.567. The van der Waals surface area contributed by atoms with Crippen LogP contribution >= 0.6 is 15.9 Å². The van der Waals surface area contributed by atoms with Crippen LogP contribution in [0.2, 0.25) is 0 Å². The summed E-state index contributed by atoms with van der Waals surface area (Å²) < 4.78 is 1.06. The predicted octanol–water partition coefficient (Wildman–Crippen LogP) is 2.97. The molecule has 0 unspecified atom stereocenters. The first-order valence-electron chi connectivity index (χ1n) is 6.41. The maximum atomic E-state index is 5.48. The highest BCUT2D eigenvalue weighted by atomic mass is 79.9. The minimum atomic E-state index is 0.567. The second-order valence-electron chi connectivity index (χ2n) is 4.49. The van der Waals surface area contributed by atoms with Gasteiger partial charge >= 0.3 is 0 Å². The van der Waals surface area contributed by atoms with E-state index >= 15 is 0 Å². The van der Waals surface area contributed by atoms with Gasteiger partial charge < -0.3 is 16.4 Å². The summed E-state index contributed by atoms with van der Waals surface area (Å²) in [5.74, 6) is 2.26. The Hall–Kier alpha value is -1.66. The molecule has 0 bridgehead atoms. The first-order chi connectivity index (χ1) is 9.58. The van der Waals surface area contributed by atoms with Crippen molar-refractivity contribution in [1.29, 1.82) is 0 Å². The lowest BCUT2D eigenvalue weighted by molar-refractivity contribution is 0.987. The van der Waals surface area contributed by atoms with Gasteiger partial charge in [-0.2, -0.15) is 0 Å². The molecule has 0 spiro atoms. The fraction of sp³-hybridized carbons (Fsp3) is 0.286. The zero-order valence-corrected chi connectivity index (χ0v) is 13.2. The Morgan fingerprint density at radius 3 is 2.60 bits per heavy atom. The van der Waals surface area contributed by atoms with E-state index in [0.29, 0.717) is 18.9 Å². The zero-order chi connectivity index (χ0) is 14.5. The van der Waals surface area contributed by atoms with Gasteiger partial charge in [0.15, 0.2) is 0 Å². The summed E-state index contributed by atoms with van der Waals surface area (Å²) in [5.41, 5.74) is 7.65. The topological polar surface area (TPSA) is 75.9 Å². The molecule has 2 rings (SSSR count). The molecule has 0 saturated carbocycles. The molecular formula is C14H18BrN5. The van der Waals surface area contributed by atoms with Crippen molar-refractivity contribution in [2.45, 2.75) is 13.8 Å². The highest BCUT2D eigenvalue weighted by Crippen LogP contribution is 2.23. The molecule has 0 aliphatic rings. The van der Waals surface area contributed by atoms with Crippen LogP contribution in [0.1, 0.15) is 11.4 Å². The van der Waals surface area contributed by atoms with Crippen LogP contribution in [-0.4, -0.2) is 23.1 Å². The van der Waals surface area contributed by atoms with Crippen LogP contribution in [0.5, 0.6) is 0 Å². The molecule has 0 amide bonds. The summed E-state index contributed by atoms with van der Waals surface area (Å²) >= 11 is 3.46. The molecule has 4 N–H and O–H groups in total. The van der Waals surface area contributed by atoms with Gasteiger partial charge in [-0.3, -0.25) is 0 Å². The number of nitrogens with zero attached hydrogens (tertiary/aromatic N) is 2. The number of anilines is 3. The predicted molar refractivity (Wildman–Crippen MR) is 86.5 cm³/mol. The molecule has 0 fully saturated rings. The average Bonchev–Trinajstić information content (AvgIpc) is 2.39. The Morgan fingerprint density at radius 1 is 1.15 bits per heavy atom. The lowest BCUT2D eigenvalue weighted by Gasteiger charge is -2.11. The van der Waals surface area contributed by atoms with Gasteiger partial charge in [0, 0.05) is 29.3 Å². The van der Waals surface area contributed by atoms with Gasteiger partial charge in [0.05, 0.1) is 0 Å². The lowest BCUT2D eigenvalue weighted by atomic mass is 10.2. The molecule has 2 aromatic rings. The number of nitrogens with one attached hydrogen (secondary N) is 2. The fourth-order valence-electron chi connectivity index (χ4n) is 1.83. The Bertz CT molecular complexity index is 600. The van der Waals surface area contributed by atoms with Crippen molar-refractivity contribution in [2.75, 3.05) is 23.7 Å². The minimum Gasteiger partial charge on any atom is -0.369 e. The summed E-state index contributed by atoms with van der Waals surface area (Å²) in [6, 6.07) is 7.95. The number of nitrogens with two attached hydrogens (primary N) is 1. The van der Waals surface area contributed by atoms with E-state index in [0.717, 1.165) is 27.4 Å². The molecule has 106 valence electrons. The van der Waals surface area contributed by atoms with E-state index in [2.05, 4.69) is 49.5 Å². The van der Waals surface area contributed by atoms with E-state index in [4.69, 9.17) is 5.73 Å². The van der Waals surface area contributed by atoms with E-state index in [1.807, 2.05) is 25.1 Å². The number of rotatable bonds is 5. The second-order valence-corrected chi connectivity index (χ2v) is 5.40. The van der Waals surface area contributed by atoms with E-state index in [-0.39, 0.29) is 0 Å². The average molecular weight is 336 g/mol. The van der Waals surface area contributed by atoms with Crippen LogP contribution in [0.4, 0.5) is 17.3 Å². The molecule has 0 atom stereocenters. The standard InChI is InChI=1S/C14H18BrN5/c1-9-7-11(15)3-4-12(9)20-14-8-13(17-6-5-16)18-10(2)19-14/h3-4,7-8H,5-6,16H2,1-2H3,(H2,17,18,19,20). The number of hydrogen-bond acceptors (Lipinski definition) is 5. The van der Waals surface area contributed by atoms with Crippen molar-refractivity contribution in [3.63, 3.8) is 0 Å². The Kier molecular flexibility index (Phi) is 4.92. The maximum absolute atomic E-state index is 5.48. The van der Waals surface area contributed by atoms with E-state index in [1.54, 1.807) is 0 Å². The largest absolute Gasteiger partial charge is 0.369 e. The molecule has 1 heterocycles. The highest BCUT2D eigenvalue weighted by molar-refractivity contribution is 9.10. The summed E-state index contributed by atoms with van der Waals surface area (Å²) in [6.07, 6.45) is 0. The summed E-state index contributed by atoms with van der Waals surface area (Å²) in [6.45, 7) is 5.17. The Balaban J connectivity index is 2.21. The lowest BCUT2D eigenvalue weighted by Crippen LogP contribution is -2.14. The highest BCUT2D eigenvalue weighted by Gasteiger charge is 2.04. The van der Waals surface area contributed by atoms with Crippen molar-refractivity contribution in [3.8, 4) is 0 Å². The Morgan fingerprint density at radius 2 is 1.90 bits per heavy atom. The molecule has 20 heavy (non-hydrogen) atoms. The summed E-state index contributed by atoms with van der Waals surface area (Å²) in [5, 5.41) is 6.48. The molecule has 5 nitrogen and oxygen atoms in total. The van der Waals surface area contributed by atoms with Gasteiger partial charge in [0.25, 0.3) is 0 Å². The maximum Gasteiger partial charge on any atom is 0.136 e. The SMILES string of the molecule is Cc1nc(NCCN)cc(Nc2ccc(Br)cc2C)n1. The van der Waals surface area contributed by atoms with Crippen LogP contribution in [0.3, 0.4) is 0 Å². The Labute approximate surface area is 127 Å². The van der Waals surface area contributed by atoms with Crippen LogP contribution in [0, 0.1) is 13.8 Å². The van der Waals surface area contributed by atoms with Gasteiger partial charge in [-0.15, -0.1) is 0 Å². The molecular weight excluding hydrogens is 318 g/mol. The number of hydrogen-bond donors (Lipinski definition) is 3. The van der Waals surface area contributed by atoms with Gasteiger partial charge in [-0.05, 0) is 37.6 Å². The van der Waals surface area contributed by atoms with Gasteiger partial charge in [0.2, 0.25) is 0 Å². The van der Waals surface area contributed by atoms with Gasteiger partial charge in [0.1, 0.15) is 17.5 Å². The van der Waals surface area contributed by atoms with Crippen LogP contribution < -0.4 is 16.4 Å². The number of aromatic nitrogens is 2. The zero-order valence-electron chi connectivity index (χ0n) is 11.6. The molecule has 0 radical (unpaired) electrons. The van der Waals surface area contributed by atoms with Crippen molar-refractivity contribution >= 4 is 33.3 Å². The van der Waals surface area contributed by atoms with E-state index < -0.39 is 0 Å². The molecule has 0 aliphatic carbocycles. The first kappa shape index (κ1) is 14.7. The third-order valence-electron chi connectivity index (χ3n) is 2.74.